The molecule has 1 atom stereocenters. The number of halogens is 2. The maximum atomic E-state index is 12.8. The van der Waals surface area contributed by atoms with E-state index in [0.717, 1.165) is 5.56 Å². The van der Waals surface area contributed by atoms with E-state index in [1.165, 1.54) is 12.1 Å². The Morgan fingerprint density at radius 3 is 2.87 bits per heavy atom. The average Bonchev–Trinajstić information content (AvgIpc) is 2.19. The number of rotatable bonds is 4. The molecule has 0 unspecified atom stereocenters. The number of primary amides is 1. The van der Waals surface area contributed by atoms with Crippen LogP contribution < -0.4 is 11.1 Å². The summed E-state index contributed by atoms with van der Waals surface area (Å²) in [6, 6.07) is 3.97. The third-order valence-electron chi connectivity index (χ3n) is 2.02. The SMILES string of the molecule is C[C@H](NCc1ccc(F)c(Cl)c1)C(N)=O. The number of nitrogens with two attached hydrogens (primary N) is 1. The zero-order valence-corrected chi connectivity index (χ0v) is 9.01. The first-order valence-corrected chi connectivity index (χ1v) is 4.85. The Balaban J connectivity index is 2.58. The quantitative estimate of drug-likeness (QED) is 0.823. The highest BCUT2D eigenvalue weighted by Crippen LogP contribution is 2.15. The summed E-state index contributed by atoms with van der Waals surface area (Å²) < 4.78 is 12.8. The first kappa shape index (κ1) is 11.9. The third kappa shape index (κ3) is 3.49. The number of benzene rings is 1. The van der Waals surface area contributed by atoms with Crippen molar-refractivity contribution in [1.29, 1.82) is 0 Å². The molecule has 5 heteroatoms. The van der Waals surface area contributed by atoms with Gasteiger partial charge in [-0.15, -0.1) is 0 Å². The van der Waals surface area contributed by atoms with E-state index in [1.54, 1.807) is 13.0 Å². The average molecular weight is 231 g/mol. The van der Waals surface area contributed by atoms with Gasteiger partial charge in [0, 0.05) is 6.54 Å². The fourth-order valence-corrected chi connectivity index (χ4v) is 1.22. The minimum absolute atomic E-state index is 0.0704. The highest BCUT2D eigenvalue weighted by Gasteiger charge is 2.07. The molecule has 0 aliphatic heterocycles. The number of hydrogen-bond acceptors (Lipinski definition) is 2. The van der Waals surface area contributed by atoms with Crippen molar-refractivity contribution in [2.75, 3.05) is 0 Å². The molecule has 1 aromatic rings. The van der Waals surface area contributed by atoms with Crippen LogP contribution in [-0.2, 0) is 11.3 Å². The Bertz CT molecular complexity index is 370. The van der Waals surface area contributed by atoms with Gasteiger partial charge in [0.15, 0.2) is 0 Å². The van der Waals surface area contributed by atoms with Gasteiger partial charge in [0.05, 0.1) is 11.1 Å². The first-order valence-electron chi connectivity index (χ1n) is 4.47. The molecule has 0 fully saturated rings. The molecule has 3 nitrogen and oxygen atoms in total. The minimum Gasteiger partial charge on any atom is -0.368 e. The standard InChI is InChI=1S/C10H12ClFN2O/c1-6(10(13)15)14-5-7-2-3-9(12)8(11)4-7/h2-4,6,14H,5H2,1H3,(H2,13,15)/t6-/m0/s1. The van der Waals surface area contributed by atoms with E-state index in [4.69, 9.17) is 17.3 Å². The van der Waals surface area contributed by atoms with Crippen LogP contribution in [0.4, 0.5) is 4.39 Å². The molecular formula is C10H12ClFN2O. The Morgan fingerprint density at radius 2 is 2.33 bits per heavy atom. The van der Waals surface area contributed by atoms with Gasteiger partial charge in [0.25, 0.3) is 0 Å². The fraction of sp³-hybridized carbons (Fsp3) is 0.300. The second kappa shape index (κ2) is 5.09. The molecule has 82 valence electrons. The van der Waals surface area contributed by atoms with E-state index >= 15 is 0 Å². The molecule has 0 bridgehead atoms. The molecule has 0 radical (unpaired) electrons. The molecule has 15 heavy (non-hydrogen) atoms. The van der Waals surface area contributed by atoms with Gasteiger partial charge in [-0.05, 0) is 24.6 Å². The maximum Gasteiger partial charge on any atom is 0.234 e. The third-order valence-corrected chi connectivity index (χ3v) is 2.31. The number of amides is 1. The summed E-state index contributed by atoms with van der Waals surface area (Å²) >= 11 is 5.60. The number of nitrogens with one attached hydrogen (secondary N) is 1. The second-order valence-corrected chi connectivity index (χ2v) is 3.66. The van der Waals surface area contributed by atoms with E-state index in [9.17, 15) is 9.18 Å². The van der Waals surface area contributed by atoms with Crippen molar-refractivity contribution in [2.45, 2.75) is 19.5 Å². The van der Waals surface area contributed by atoms with Gasteiger partial charge in [-0.25, -0.2) is 4.39 Å². The van der Waals surface area contributed by atoms with Gasteiger partial charge in [0.1, 0.15) is 5.82 Å². The molecule has 0 saturated carbocycles. The molecule has 0 spiro atoms. The van der Waals surface area contributed by atoms with Gasteiger partial charge >= 0.3 is 0 Å². The van der Waals surface area contributed by atoms with Crippen molar-refractivity contribution in [3.05, 3.63) is 34.6 Å². The second-order valence-electron chi connectivity index (χ2n) is 3.25. The Kier molecular flexibility index (Phi) is 4.05. The van der Waals surface area contributed by atoms with Crippen LogP contribution in [0.2, 0.25) is 5.02 Å². The molecule has 1 aromatic carbocycles. The van der Waals surface area contributed by atoms with Crippen LogP contribution in [0.15, 0.2) is 18.2 Å². The van der Waals surface area contributed by atoms with Crippen molar-refractivity contribution in [1.82, 2.24) is 5.32 Å². The van der Waals surface area contributed by atoms with Crippen molar-refractivity contribution in [3.8, 4) is 0 Å². The monoisotopic (exact) mass is 230 g/mol. The largest absolute Gasteiger partial charge is 0.368 e. The predicted molar refractivity (Wildman–Crippen MR) is 56.9 cm³/mol. The predicted octanol–water partition coefficient (Wildman–Crippen LogP) is 1.44. The van der Waals surface area contributed by atoms with Crippen LogP contribution >= 0.6 is 11.6 Å². The van der Waals surface area contributed by atoms with Crippen LogP contribution in [0.5, 0.6) is 0 Å². The first-order chi connectivity index (χ1) is 7.00. The molecule has 0 aliphatic rings. The number of carbonyl (C=O) groups excluding carboxylic acids is 1. The lowest BCUT2D eigenvalue weighted by atomic mass is 10.2. The van der Waals surface area contributed by atoms with Gasteiger partial charge in [-0.2, -0.15) is 0 Å². The lowest BCUT2D eigenvalue weighted by Gasteiger charge is -2.10. The molecule has 0 saturated heterocycles. The van der Waals surface area contributed by atoms with Gasteiger partial charge in [-0.3, -0.25) is 4.79 Å². The number of hydrogen-bond donors (Lipinski definition) is 2. The molecule has 1 rings (SSSR count). The zero-order chi connectivity index (χ0) is 11.4. The fourth-order valence-electron chi connectivity index (χ4n) is 1.02. The molecule has 1 amide bonds. The summed E-state index contributed by atoms with van der Waals surface area (Å²) in [5, 5.41) is 2.96. The summed E-state index contributed by atoms with van der Waals surface area (Å²) in [6.07, 6.45) is 0. The highest BCUT2D eigenvalue weighted by atomic mass is 35.5. The molecule has 0 aromatic heterocycles. The van der Waals surface area contributed by atoms with Gasteiger partial charge < -0.3 is 11.1 Å². The summed E-state index contributed by atoms with van der Waals surface area (Å²) in [6.45, 7) is 2.08. The molecule has 3 N–H and O–H groups in total. The van der Waals surface area contributed by atoms with Crippen molar-refractivity contribution in [3.63, 3.8) is 0 Å². The smallest absolute Gasteiger partial charge is 0.234 e. The summed E-state index contributed by atoms with van der Waals surface area (Å²) in [5.41, 5.74) is 5.87. The zero-order valence-electron chi connectivity index (χ0n) is 8.26. The van der Waals surface area contributed by atoms with E-state index < -0.39 is 17.8 Å². The maximum absolute atomic E-state index is 12.8. The lowest BCUT2D eigenvalue weighted by Crippen LogP contribution is -2.38. The van der Waals surface area contributed by atoms with Crippen LogP contribution in [0.25, 0.3) is 0 Å². The van der Waals surface area contributed by atoms with E-state index in [-0.39, 0.29) is 5.02 Å². The van der Waals surface area contributed by atoms with Crippen LogP contribution in [-0.4, -0.2) is 11.9 Å². The van der Waals surface area contributed by atoms with Crippen LogP contribution in [0, 0.1) is 5.82 Å². The summed E-state index contributed by atoms with van der Waals surface area (Å²) in [7, 11) is 0. The molecular weight excluding hydrogens is 219 g/mol. The van der Waals surface area contributed by atoms with Crippen LogP contribution in [0.1, 0.15) is 12.5 Å². The van der Waals surface area contributed by atoms with Crippen molar-refractivity contribution < 1.29 is 9.18 Å². The van der Waals surface area contributed by atoms with Crippen molar-refractivity contribution in [2.24, 2.45) is 5.73 Å². The van der Waals surface area contributed by atoms with E-state index in [1.807, 2.05) is 0 Å². The van der Waals surface area contributed by atoms with Gasteiger partial charge in [0.2, 0.25) is 5.91 Å². The van der Waals surface area contributed by atoms with Crippen molar-refractivity contribution >= 4 is 17.5 Å². The Labute approximate surface area is 92.4 Å². The topological polar surface area (TPSA) is 55.1 Å². The Morgan fingerprint density at radius 1 is 1.67 bits per heavy atom. The van der Waals surface area contributed by atoms with Crippen LogP contribution in [0.3, 0.4) is 0 Å². The highest BCUT2D eigenvalue weighted by molar-refractivity contribution is 6.30. The summed E-state index contributed by atoms with van der Waals surface area (Å²) in [4.78, 5) is 10.7. The molecule has 0 aliphatic carbocycles. The number of carbonyl (C=O) groups is 1. The van der Waals surface area contributed by atoms with E-state index in [2.05, 4.69) is 5.32 Å². The summed E-state index contributed by atoms with van der Waals surface area (Å²) in [5.74, 6) is -0.883. The van der Waals surface area contributed by atoms with E-state index in [0.29, 0.717) is 6.54 Å². The molecule has 0 heterocycles. The normalized spacial score (nSPS) is 12.5. The lowest BCUT2D eigenvalue weighted by molar-refractivity contribution is -0.119. The van der Waals surface area contributed by atoms with Gasteiger partial charge in [-0.1, -0.05) is 17.7 Å². The minimum atomic E-state index is -0.455. The Hall–Kier alpha value is -1.13.